The minimum atomic E-state index is 0.918. The number of rotatable bonds is 7. The molecule has 0 saturated carbocycles. The van der Waals surface area contributed by atoms with E-state index in [1.54, 1.807) is 0 Å². The highest BCUT2D eigenvalue weighted by Gasteiger charge is 2.13. The molecule has 8 rings (SSSR count). The molecule has 2 nitrogen and oxygen atoms in total. The Morgan fingerprint density at radius 2 is 0.479 bits per heavy atom. The fourth-order valence-corrected chi connectivity index (χ4v) is 6.28. The number of aromatic nitrogens is 2. The molecule has 0 aliphatic rings. The molecule has 2 heterocycles. The molecule has 8 aromatic rings. The van der Waals surface area contributed by atoms with Crippen molar-refractivity contribution in [3.8, 4) is 78.1 Å². The van der Waals surface area contributed by atoms with Crippen LogP contribution < -0.4 is 0 Å². The van der Waals surface area contributed by atoms with Crippen molar-refractivity contribution in [2.75, 3.05) is 0 Å². The Labute approximate surface area is 281 Å². The van der Waals surface area contributed by atoms with Crippen LogP contribution in [0.5, 0.6) is 0 Å². The van der Waals surface area contributed by atoms with Gasteiger partial charge in [0, 0.05) is 23.5 Å². The minimum absolute atomic E-state index is 0.918. The largest absolute Gasteiger partial charge is 0.256 e. The zero-order valence-corrected chi connectivity index (χ0v) is 26.4. The summed E-state index contributed by atoms with van der Waals surface area (Å²) in [7, 11) is 0. The van der Waals surface area contributed by atoms with Gasteiger partial charge in [0.2, 0.25) is 0 Å². The van der Waals surface area contributed by atoms with Crippen molar-refractivity contribution < 1.29 is 0 Å². The molecule has 6 aromatic carbocycles. The summed E-state index contributed by atoms with van der Waals surface area (Å²) >= 11 is 0. The van der Waals surface area contributed by atoms with Crippen LogP contribution in [0.25, 0.3) is 78.1 Å². The maximum absolute atomic E-state index is 4.88. The maximum Gasteiger partial charge on any atom is 0.0708 e. The lowest BCUT2D eigenvalue weighted by atomic mass is 9.90. The summed E-state index contributed by atoms with van der Waals surface area (Å²) in [6, 6.07) is 64.3. The van der Waals surface area contributed by atoms with Gasteiger partial charge in [0.1, 0.15) is 0 Å². The van der Waals surface area contributed by atoms with Gasteiger partial charge < -0.3 is 0 Å². The Morgan fingerprint density at radius 1 is 0.208 bits per heavy atom. The van der Waals surface area contributed by atoms with Crippen LogP contribution in [0.3, 0.4) is 0 Å². The number of nitrogens with zero attached hydrogens (tertiary/aromatic N) is 2. The lowest BCUT2D eigenvalue weighted by molar-refractivity contribution is 1.31. The molecule has 0 atom stereocenters. The van der Waals surface area contributed by atoms with Gasteiger partial charge in [-0.1, -0.05) is 121 Å². The Hall–Kier alpha value is -6.38. The Morgan fingerprint density at radius 3 is 0.833 bits per heavy atom. The Balaban J connectivity index is 1.33. The Kier molecular flexibility index (Phi) is 7.96. The molecule has 0 unspecified atom stereocenters. The van der Waals surface area contributed by atoms with Crippen LogP contribution in [0.4, 0.5) is 0 Å². The van der Waals surface area contributed by atoms with Crippen molar-refractivity contribution in [2.24, 2.45) is 0 Å². The van der Waals surface area contributed by atoms with Gasteiger partial charge in [-0.3, -0.25) is 9.97 Å². The molecule has 48 heavy (non-hydrogen) atoms. The summed E-state index contributed by atoms with van der Waals surface area (Å²) in [5, 5.41) is 0. The van der Waals surface area contributed by atoms with Gasteiger partial charge in [0.05, 0.1) is 11.4 Å². The molecule has 0 N–H and O–H groups in total. The summed E-state index contributed by atoms with van der Waals surface area (Å²) in [6.45, 7) is 0. The minimum Gasteiger partial charge on any atom is -0.256 e. The lowest BCUT2D eigenvalue weighted by Crippen LogP contribution is -1.92. The van der Waals surface area contributed by atoms with Crippen LogP contribution in [0.15, 0.2) is 194 Å². The molecule has 2 heteroatoms. The molecule has 2 aromatic heterocycles. The highest BCUT2D eigenvalue weighted by Crippen LogP contribution is 2.38. The third-order valence-corrected chi connectivity index (χ3v) is 8.74. The van der Waals surface area contributed by atoms with E-state index in [1.807, 2.05) is 24.5 Å². The summed E-state index contributed by atoms with van der Waals surface area (Å²) in [4.78, 5) is 9.76. The predicted molar refractivity (Wildman–Crippen MR) is 200 cm³/mol. The molecule has 0 amide bonds. The van der Waals surface area contributed by atoms with Gasteiger partial charge in [-0.25, -0.2) is 0 Å². The third-order valence-electron chi connectivity index (χ3n) is 8.74. The Bertz CT molecular complexity index is 2150. The summed E-state index contributed by atoms with van der Waals surface area (Å²) in [6.07, 6.45) is 3.81. The van der Waals surface area contributed by atoms with Gasteiger partial charge in [0.25, 0.3) is 0 Å². The van der Waals surface area contributed by atoms with Gasteiger partial charge in [0.15, 0.2) is 0 Å². The second-order valence-corrected chi connectivity index (χ2v) is 11.9. The van der Waals surface area contributed by atoms with E-state index in [4.69, 9.17) is 9.97 Å². The average molecular weight is 613 g/mol. The van der Waals surface area contributed by atoms with Crippen LogP contribution in [-0.4, -0.2) is 9.97 Å². The van der Waals surface area contributed by atoms with Crippen LogP contribution in [0, 0.1) is 0 Å². The lowest BCUT2D eigenvalue weighted by Gasteiger charge is -2.15. The van der Waals surface area contributed by atoms with E-state index in [-0.39, 0.29) is 0 Å². The molecule has 0 radical (unpaired) electrons. The normalized spacial score (nSPS) is 10.9. The average Bonchev–Trinajstić information content (AvgIpc) is 3.19. The summed E-state index contributed by atoms with van der Waals surface area (Å²) in [5.74, 6) is 0. The van der Waals surface area contributed by atoms with Crippen LogP contribution >= 0.6 is 0 Å². The fraction of sp³-hybridized carbons (Fsp3) is 0. The van der Waals surface area contributed by atoms with E-state index in [2.05, 4.69) is 170 Å². The number of hydrogen-bond donors (Lipinski definition) is 0. The molecule has 0 saturated heterocycles. The molecule has 0 bridgehead atoms. The van der Waals surface area contributed by atoms with E-state index in [1.165, 1.54) is 22.3 Å². The standard InChI is InChI=1S/C46H32N2/c1-5-13-33(14-6-1)37-21-23-47-45(31-37)43-28-42(29-44(30-43)46-32-38(22-24-48-46)34-15-7-2-8-16-34)41-26-39(35-17-9-3-10-18-35)25-40(27-41)36-19-11-4-12-20-36/h1-32H. The van der Waals surface area contributed by atoms with Crippen molar-refractivity contribution in [3.05, 3.63) is 194 Å². The summed E-state index contributed by atoms with van der Waals surface area (Å²) < 4.78 is 0. The summed E-state index contributed by atoms with van der Waals surface area (Å²) in [5.41, 5.74) is 15.5. The van der Waals surface area contributed by atoms with Crippen molar-refractivity contribution in [1.29, 1.82) is 0 Å². The van der Waals surface area contributed by atoms with Crippen LogP contribution in [-0.2, 0) is 0 Å². The molecule has 0 aliphatic heterocycles. The zero-order valence-electron chi connectivity index (χ0n) is 26.4. The quantitative estimate of drug-likeness (QED) is 0.179. The number of benzene rings is 6. The molecule has 0 fully saturated rings. The van der Waals surface area contributed by atoms with E-state index in [0.29, 0.717) is 0 Å². The maximum atomic E-state index is 4.88. The zero-order chi connectivity index (χ0) is 32.1. The first-order chi connectivity index (χ1) is 23.8. The highest BCUT2D eigenvalue weighted by atomic mass is 14.7. The van der Waals surface area contributed by atoms with Gasteiger partial charge in [-0.2, -0.15) is 0 Å². The predicted octanol–water partition coefficient (Wildman–Crippen LogP) is 12.1. The van der Waals surface area contributed by atoms with Crippen molar-refractivity contribution in [2.45, 2.75) is 0 Å². The molecule has 226 valence electrons. The van der Waals surface area contributed by atoms with E-state index in [9.17, 15) is 0 Å². The fourth-order valence-electron chi connectivity index (χ4n) is 6.28. The molecular weight excluding hydrogens is 581 g/mol. The molecular formula is C46H32N2. The van der Waals surface area contributed by atoms with Crippen molar-refractivity contribution in [3.63, 3.8) is 0 Å². The SMILES string of the molecule is c1ccc(-c2cc(-c3ccccc3)cc(-c3cc(-c4cc(-c5ccccc5)ccn4)cc(-c4cc(-c5ccccc5)ccn4)c3)c2)cc1. The highest BCUT2D eigenvalue weighted by molar-refractivity contribution is 5.86. The van der Waals surface area contributed by atoms with E-state index >= 15 is 0 Å². The number of pyridine rings is 2. The van der Waals surface area contributed by atoms with Crippen LogP contribution in [0.2, 0.25) is 0 Å². The van der Waals surface area contributed by atoms with Gasteiger partial charge in [-0.15, -0.1) is 0 Å². The van der Waals surface area contributed by atoms with Crippen molar-refractivity contribution in [1.82, 2.24) is 9.97 Å². The first-order valence-corrected chi connectivity index (χ1v) is 16.2. The second kappa shape index (κ2) is 13.2. The van der Waals surface area contributed by atoms with Crippen LogP contribution in [0.1, 0.15) is 0 Å². The second-order valence-electron chi connectivity index (χ2n) is 11.9. The van der Waals surface area contributed by atoms with Gasteiger partial charge in [-0.05, 0) is 116 Å². The smallest absolute Gasteiger partial charge is 0.0708 e. The van der Waals surface area contributed by atoms with E-state index in [0.717, 1.165) is 55.9 Å². The molecule has 0 aliphatic carbocycles. The first kappa shape index (κ1) is 29.1. The number of hydrogen-bond acceptors (Lipinski definition) is 2. The molecule has 0 spiro atoms. The first-order valence-electron chi connectivity index (χ1n) is 16.2. The monoisotopic (exact) mass is 612 g/mol. The third kappa shape index (κ3) is 6.20. The van der Waals surface area contributed by atoms with E-state index < -0.39 is 0 Å². The van der Waals surface area contributed by atoms with Gasteiger partial charge >= 0.3 is 0 Å². The van der Waals surface area contributed by atoms with Crippen molar-refractivity contribution >= 4 is 0 Å². The topological polar surface area (TPSA) is 25.8 Å².